The van der Waals surface area contributed by atoms with E-state index in [1.54, 1.807) is 0 Å². The normalized spacial score (nSPS) is 24.7. The van der Waals surface area contributed by atoms with Crippen molar-refractivity contribution in [2.24, 2.45) is 11.8 Å². The summed E-state index contributed by atoms with van der Waals surface area (Å²) in [7, 11) is 0. The minimum atomic E-state index is -1.20. The van der Waals surface area contributed by atoms with E-state index in [2.05, 4.69) is 4.98 Å². The molecular formula is C13H15N3O4. The Bertz CT molecular complexity index is 563. The average Bonchev–Trinajstić information content (AvgIpc) is 2.98. The molecule has 20 heavy (non-hydrogen) atoms. The molecule has 3 rings (SSSR count). The highest BCUT2D eigenvalue weighted by Crippen LogP contribution is 2.41. The number of fused-ring (bicyclic) bond motifs is 1. The van der Waals surface area contributed by atoms with Crippen molar-refractivity contribution < 1.29 is 14.8 Å². The smallest absolute Gasteiger partial charge is 0.337 e. The van der Waals surface area contributed by atoms with Gasteiger partial charge in [-0.3, -0.25) is 10.1 Å². The molecular weight excluding hydrogens is 262 g/mol. The third-order valence-electron chi connectivity index (χ3n) is 4.32. The fourth-order valence-electron chi connectivity index (χ4n) is 3.35. The number of carboxylic acids is 1. The van der Waals surface area contributed by atoms with Gasteiger partial charge in [0.15, 0.2) is 0 Å². The van der Waals surface area contributed by atoms with Crippen LogP contribution in [0.2, 0.25) is 0 Å². The van der Waals surface area contributed by atoms with Gasteiger partial charge in [-0.05, 0) is 24.7 Å². The summed E-state index contributed by atoms with van der Waals surface area (Å²) in [4.78, 5) is 27.4. The van der Waals surface area contributed by atoms with Crippen LogP contribution in [-0.2, 0) is 0 Å². The highest BCUT2D eigenvalue weighted by Gasteiger charge is 2.38. The first kappa shape index (κ1) is 12.8. The molecule has 1 N–H and O–H groups in total. The van der Waals surface area contributed by atoms with Gasteiger partial charge in [0.25, 0.3) is 0 Å². The van der Waals surface area contributed by atoms with Gasteiger partial charge >= 0.3 is 11.7 Å². The van der Waals surface area contributed by atoms with E-state index in [9.17, 15) is 14.9 Å². The third kappa shape index (κ3) is 2.09. The zero-order valence-electron chi connectivity index (χ0n) is 10.9. The molecule has 2 fully saturated rings. The number of aromatic nitrogens is 1. The molecule has 1 saturated heterocycles. The Labute approximate surface area is 115 Å². The molecule has 0 aromatic carbocycles. The molecule has 1 aromatic heterocycles. The Morgan fingerprint density at radius 1 is 1.40 bits per heavy atom. The molecule has 0 radical (unpaired) electrons. The van der Waals surface area contributed by atoms with Gasteiger partial charge in [0.2, 0.25) is 5.82 Å². The quantitative estimate of drug-likeness (QED) is 0.669. The van der Waals surface area contributed by atoms with Crippen molar-refractivity contribution in [1.82, 2.24) is 4.98 Å². The van der Waals surface area contributed by atoms with E-state index in [0.29, 0.717) is 17.7 Å². The van der Waals surface area contributed by atoms with E-state index in [1.807, 2.05) is 4.90 Å². The highest BCUT2D eigenvalue weighted by atomic mass is 16.6. The summed E-state index contributed by atoms with van der Waals surface area (Å²) in [5, 5.41) is 20.0. The number of carboxylic acid groups (broad SMARTS) is 1. The summed E-state index contributed by atoms with van der Waals surface area (Å²) in [5.74, 6) is 0.283. The molecule has 2 aliphatic rings. The Morgan fingerprint density at radius 3 is 2.60 bits per heavy atom. The first-order valence-electron chi connectivity index (χ1n) is 6.69. The predicted octanol–water partition coefficient (Wildman–Crippen LogP) is 1.92. The second kappa shape index (κ2) is 4.73. The van der Waals surface area contributed by atoms with Crippen LogP contribution in [0.25, 0.3) is 0 Å². The molecule has 2 unspecified atom stereocenters. The topological polar surface area (TPSA) is 96.6 Å². The number of hydrogen-bond acceptors (Lipinski definition) is 5. The number of hydrogen-bond donors (Lipinski definition) is 1. The number of anilines is 1. The summed E-state index contributed by atoms with van der Waals surface area (Å²) in [6.45, 7) is 1.57. The van der Waals surface area contributed by atoms with Crippen molar-refractivity contribution in [3.8, 4) is 0 Å². The van der Waals surface area contributed by atoms with E-state index in [4.69, 9.17) is 5.11 Å². The summed E-state index contributed by atoms with van der Waals surface area (Å²) >= 11 is 0. The summed E-state index contributed by atoms with van der Waals surface area (Å²) in [5.41, 5.74) is -0.371. The van der Waals surface area contributed by atoms with E-state index >= 15 is 0 Å². The maximum Gasteiger partial charge on any atom is 0.337 e. The molecule has 106 valence electrons. The summed E-state index contributed by atoms with van der Waals surface area (Å²) in [6, 6.07) is 1.10. The number of pyridine rings is 1. The maximum absolute atomic E-state index is 11.1. The molecule has 7 nitrogen and oxygen atoms in total. The minimum Gasteiger partial charge on any atom is -0.478 e. The van der Waals surface area contributed by atoms with Crippen molar-refractivity contribution in [3.05, 3.63) is 27.9 Å². The van der Waals surface area contributed by atoms with Crippen LogP contribution in [0.15, 0.2) is 12.3 Å². The number of aromatic carboxylic acids is 1. The van der Waals surface area contributed by atoms with Gasteiger partial charge in [-0.15, -0.1) is 0 Å². The van der Waals surface area contributed by atoms with Crippen molar-refractivity contribution in [2.75, 3.05) is 18.0 Å². The maximum atomic E-state index is 11.1. The Balaban J connectivity index is 1.93. The SMILES string of the molecule is O=C(O)c1cnc(N2CC3CCCC3C2)c([N+](=O)[O-])c1. The van der Waals surface area contributed by atoms with Crippen LogP contribution in [0.5, 0.6) is 0 Å². The van der Waals surface area contributed by atoms with Crippen LogP contribution >= 0.6 is 0 Å². The van der Waals surface area contributed by atoms with Gasteiger partial charge in [0.05, 0.1) is 10.5 Å². The van der Waals surface area contributed by atoms with E-state index < -0.39 is 10.9 Å². The highest BCUT2D eigenvalue weighted by molar-refractivity contribution is 5.88. The van der Waals surface area contributed by atoms with E-state index in [-0.39, 0.29) is 11.3 Å². The van der Waals surface area contributed by atoms with Crippen LogP contribution < -0.4 is 4.90 Å². The van der Waals surface area contributed by atoms with Gasteiger partial charge in [0.1, 0.15) is 0 Å². The van der Waals surface area contributed by atoms with Gasteiger partial charge in [0, 0.05) is 25.4 Å². The average molecular weight is 277 g/mol. The van der Waals surface area contributed by atoms with Crippen LogP contribution in [0.4, 0.5) is 11.5 Å². The fraction of sp³-hybridized carbons (Fsp3) is 0.538. The molecule has 0 bridgehead atoms. The molecule has 0 amide bonds. The van der Waals surface area contributed by atoms with Crippen molar-refractivity contribution in [2.45, 2.75) is 19.3 Å². The Morgan fingerprint density at radius 2 is 2.05 bits per heavy atom. The lowest BCUT2D eigenvalue weighted by molar-refractivity contribution is -0.384. The first-order valence-corrected chi connectivity index (χ1v) is 6.69. The molecule has 1 aliphatic carbocycles. The molecule has 2 atom stereocenters. The second-order valence-electron chi connectivity index (χ2n) is 5.49. The molecule has 1 saturated carbocycles. The lowest BCUT2D eigenvalue weighted by Crippen LogP contribution is -2.23. The van der Waals surface area contributed by atoms with Crippen LogP contribution in [0.1, 0.15) is 29.6 Å². The first-order chi connectivity index (χ1) is 9.56. The molecule has 0 spiro atoms. The standard InChI is InChI=1S/C13H15N3O4/c17-13(18)10-4-11(16(19)20)12(14-5-10)15-6-8-2-1-3-9(8)7-15/h4-5,8-9H,1-3,6-7H2,(H,17,18). The molecule has 1 aromatic rings. The monoisotopic (exact) mass is 277 g/mol. The number of nitrogens with zero attached hydrogens (tertiary/aromatic N) is 3. The predicted molar refractivity (Wildman–Crippen MR) is 70.9 cm³/mol. The van der Waals surface area contributed by atoms with Gasteiger partial charge in [-0.2, -0.15) is 0 Å². The van der Waals surface area contributed by atoms with Gasteiger partial charge in [-0.25, -0.2) is 9.78 Å². The van der Waals surface area contributed by atoms with E-state index in [0.717, 1.165) is 19.2 Å². The van der Waals surface area contributed by atoms with Crippen molar-refractivity contribution in [1.29, 1.82) is 0 Å². The molecule has 7 heteroatoms. The number of rotatable bonds is 3. The number of carbonyl (C=O) groups is 1. The third-order valence-corrected chi connectivity index (χ3v) is 4.32. The fourth-order valence-corrected chi connectivity index (χ4v) is 3.35. The Hall–Kier alpha value is -2.18. The largest absolute Gasteiger partial charge is 0.478 e. The van der Waals surface area contributed by atoms with Crippen molar-refractivity contribution >= 4 is 17.5 Å². The molecule has 1 aliphatic heterocycles. The second-order valence-corrected chi connectivity index (χ2v) is 5.49. The summed E-state index contributed by atoms with van der Waals surface area (Å²) < 4.78 is 0. The molecule has 2 heterocycles. The van der Waals surface area contributed by atoms with Gasteiger partial charge in [-0.1, -0.05) is 6.42 Å². The zero-order valence-corrected chi connectivity index (χ0v) is 10.9. The zero-order chi connectivity index (χ0) is 14.3. The lowest BCUT2D eigenvalue weighted by atomic mass is 10.0. The van der Waals surface area contributed by atoms with Crippen LogP contribution in [-0.4, -0.2) is 34.1 Å². The van der Waals surface area contributed by atoms with Crippen LogP contribution in [0, 0.1) is 22.0 Å². The lowest BCUT2D eigenvalue weighted by Gasteiger charge is -2.18. The summed E-state index contributed by atoms with van der Waals surface area (Å²) in [6.07, 6.45) is 4.76. The number of nitro groups is 1. The van der Waals surface area contributed by atoms with Gasteiger partial charge < -0.3 is 10.0 Å². The minimum absolute atomic E-state index is 0.153. The van der Waals surface area contributed by atoms with Crippen molar-refractivity contribution in [3.63, 3.8) is 0 Å². The van der Waals surface area contributed by atoms with Crippen LogP contribution in [0.3, 0.4) is 0 Å². The van der Waals surface area contributed by atoms with E-state index in [1.165, 1.54) is 25.5 Å². The Kier molecular flexibility index (Phi) is 3.04.